The Morgan fingerprint density at radius 2 is 2.09 bits per heavy atom. The smallest absolute Gasteiger partial charge is 0.147 e. The lowest BCUT2D eigenvalue weighted by atomic mass is 9.94. The molecule has 0 saturated carbocycles. The molecule has 2 saturated heterocycles. The predicted molar refractivity (Wildman–Crippen MR) is 82.9 cm³/mol. The molecule has 2 aliphatic rings. The maximum Gasteiger partial charge on any atom is 0.147 e. The fourth-order valence-electron chi connectivity index (χ4n) is 3.33. The summed E-state index contributed by atoms with van der Waals surface area (Å²) in [7, 11) is 0. The molecule has 0 spiro atoms. The maximum absolute atomic E-state index is 5.96. The number of hydrogen-bond acceptors (Lipinski definition) is 5. The van der Waals surface area contributed by atoms with Gasteiger partial charge in [-0.3, -0.25) is 4.98 Å². The second kappa shape index (κ2) is 5.93. The molecule has 1 aromatic carbocycles. The quantitative estimate of drug-likeness (QED) is 0.864. The van der Waals surface area contributed by atoms with E-state index in [1.54, 1.807) is 12.4 Å². The van der Waals surface area contributed by atoms with E-state index in [1.165, 1.54) is 0 Å². The molecule has 2 fully saturated rings. The SMILES string of the molecule is c1ccc(OC[C@@H]2CO[C@@H]3CN(c4cnccn4)C[C@H]23)cc1. The molecule has 0 aliphatic carbocycles. The summed E-state index contributed by atoms with van der Waals surface area (Å²) in [6, 6.07) is 9.97. The topological polar surface area (TPSA) is 47.5 Å². The summed E-state index contributed by atoms with van der Waals surface area (Å²) in [4.78, 5) is 10.8. The van der Waals surface area contributed by atoms with Crippen molar-refractivity contribution in [3.05, 3.63) is 48.9 Å². The zero-order chi connectivity index (χ0) is 14.8. The van der Waals surface area contributed by atoms with Gasteiger partial charge in [-0.15, -0.1) is 0 Å². The average molecular weight is 297 g/mol. The highest BCUT2D eigenvalue weighted by molar-refractivity contribution is 5.38. The molecule has 2 aliphatic heterocycles. The van der Waals surface area contributed by atoms with Crippen molar-refractivity contribution in [2.45, 2.75) is 6.10 Å². The van der Waals surface area contributed by atoms with Crippen LogP contribution in [0, 0.1) is 11.8 Å². The third-order valence-electron chi connectivity index (χ3n) is 4.52. The summed E-state index contributed by atoms with van der Waals surface area (Å²) in [6.45, 7) is 3.35. The lowest BCUT2D eigenvalue weighted by Gasteiger charge is -2.20. The van der Waals surface area contributed by atoms with Crippen LogP contribution in [-0.2, 0) is 4.74 Å². The lowest BCUT2D eigenvalue weighted by Crippen LogP contribution is -2.27. The minimum atomic E-state index is 0.284. The van der Waals surface area contributed by atoms with Gasteiger partial charge < -0.3 is 14.4 Å². The Bertz CT molecular complexity index is 608. The molecule has 5 heteroatoms. The predicted octanol–water partition coefficient (Wildman–Crippen LogP) is 2.01. The Morgan fingerprint density at radius 1 is 1.18 bits per heavy atom. The summed E-state index contributed by atoms with van der Waals surface area (Å²) < 4.78 is 11.9. The monoisotopic (exact) mass is 297 g/mol. The van der Waals surface area contributed by atoms with E-state index in [0.29, 0.717) is 18.4 Å². The third kappa shape index (κ3) is 2.64. The van der Waals surface area contributed by atoms with Gasteiger partial charge in [-0.05, 0) is 12.1 Å². The molecule has 0 unspecified atom stereocenters. The standard InChI is InChI=1S/C17H19N3O2/c1-2-4-14(5-3-1)21-11-13-12-22-16-10-20(9-15(13)16)17-8-18-6-7-19-17/h1-8,13,15-16H,9-12H2/t13-,15-,16-/m1/s1. The summed E-state index contributed by atoms with van der Waals surface area (Å²) in [6.07, 6.45) is 5.54. The van der Waals surface area contributed by atoms with E-state index in [4.69, 9.17) is 9.47 Å². The van der Waals surface area contributed by atoms with Crippen LogP contribution in [-0.4, -0.2) is 42.4 Å². The first kappa shape index (κ1) is 13.5. The van der Waals surface area contributed by atoms with Crippen molar-refractivity contribution in [1.29, 1.82) is 0 Å². The first-order valence-electron chi connectivity index (χ1n) is 7.70. The zero-order valence-corrected chi connectivity index (χ0v) is 12.3. The van der Waals surface area contributed by atoms with Crippen molar-refractivity contribution < 1.29 is 9.47 Å². The highest BCUT2D eigenvalue weighted by Crippen LogP contribution is 2.35. The number of fused-ring (bicyclic) bond motifs is 1. The van der Waals surface area contributed by atoms with Gasteiger partial charge in [0, 0.05) is 37.3 Å². The van der Waals surface area contributed by atoms with Gasteiger partial charge >= 0.3 is 0 Å². The summed E-state index contributed by atoms with van der Waals surface area (Å²) in [5.41, 5.74) is 0. The third-order valence-corrected chi connectivity index (χ3v) is 4.52. The van der Waals surface area contributed by atoms with Crippen molar-refractivity contribution in [2.75, 3.05) is 31.2 Å². The van der Waals surface area contributed by atoms with Gasteiger partial charge in [-0.1, -0.05) is 18.2 Å². The van der Waals surface area contributed by atoms with E-state index in [-0.39, 0.29) is 6.10 Å². The molecule has 0 radical (unpaired) electrons. The Labute approximate surface area is 129 Å². The summed E-state index contributed by atoms with van der Waals surface area (Å²) in [5.74, 6) is 2.80. The van der Waals surface area contributed by atoms with Gasteiger partial charge in [-0.2, -0.15) is 0 Å². The molecule has 0 N–H and O–H groups in total. The van der Waals surface area contributed by atoms with Crippen molar-refractivity contribution in [1.82, 2.24) is 9.97 Å². The first-order chi connectivity index (χ1) is 10.9. The zero-order valence-electron chi connectivity index (χ0n) is 12.3. The maximum atomic E-state index is 5.96. The van der Waals surface area contributed by atoms with Gasteiger partial charge in [0.2, 0.25) is 0 Å². The van der Waals surface area contributed by atoms with E-state index in [9.17, 15) is 0 Å². The number of para-hydroxylation sites is 1. The first-order valence-corrected chi connectivity index (χ1v) is 7.70. The van der Waals surface area contributed by atoms with Crippen LogP contribution >= 0.6 is 0 Å². The number of nitrogens with zero attached hydrogens (tertiary/aromatic N) is 3. The van der Waals surface area contributed by atoms with Crippen LogP contribution in [0.3, 0.4) is 0 Å². The Kier molecular flexibility index (Phi) is 3.64. The fourth-order valence-corrected chi connectivity index (χ4v) is 3.33. The second-order valence-electron chi connectivity index (χ2n) is 5.89. The van der Waals surface area contributed by atoms with E-state index < -0.39 is 0 Å². The minimum Gasteiger partial charge on any atom is -0.493 e. The number of anilines is 1. The van der Waals surface area contributed by atoms with Crippen molar-refractivity contribution in [3.8, 4) is 5.75 Å². The molecule has 0 amide bonds. The van der Waals surface area contributed by atoms with E-state index in [1.807, 2.05) is 36.5 Å². The molecule has 4 rings (SSSR count). The number of hydrogen-bond donors (Lipinski definition) is 0. The number of ether oxygens (including phenoxy) is 2. The number of rotatable bonds is 4. The molecule has 3 heterocycles. The molecule has 5 nitrogen and oxygen atoms in total. The largest absolute Gasteiger partial charge is 0.493 e. The Balaban J connectivity index is 1.38. The summed E-state index contributed by atoms with van der Waals surface area (Å²) in [5, 5.41) is 0. The molecule has 2 aromatic rings. The average Bonchev–Trinajstić information content (AvgIpc) is 3.16. The molecule has 114 valence electrons. The van der Waals surface area contributed by atoms with Crippen LogP contribution in [0.15, 0.2) is 48.9 Å². The van der Waals surface area contributed by atoms with E-state index in [2.05, 4.69) is 14.9 Å². The van der Waals surface area contributed by atoms with Gasteiger partial charge in [0.1, 0.15) is 11.6 Å². The highest BCUT2D eigenvalue weighted by Gasteiger charge is 2.44. The Morgan fingerprint density at radius 3 is 2.91 bits per heavy atom. The minimum absolute atomic E-state index is 0.284. The highest BCUT2D eigenvalue weighted by atomic mass is 16.5. The lowest BCUT2D eigenvalue weighted by molar-refractivity contribution is 0.108. The van der Waals surface area contributed by atoms with Gasteiger partial charge in [0.25, 0.3) is 0 Å². The molecule has 0 bridgehead atoms. The van der Waals surface area contributed by atoms with Crippen LogP contribution in [0.1, 0.15) is 0 Å². The van der Waals surface area contributed by atoms with Crippen molar-refractivity contribution in [2.24, 2.45) is 11.8 Å². The van der Waals surface area contributed by atoms with Gasteiger partial charge in [0.15, 0.2) is 0 Å². The molecule has 22 heavy (non-hydrogen) atoms. The molecule has 3 atom stereocenters. The van der Waals surface area contributed by atoms with Crippen LogP contribution < -0.4 is 9.64 Å². The number of benzene rings is 1. The van der Waals surface area contributed by atoms with Gasteiger partial charge in [0.05, 0.1) is 25.5 Å². The van der Waals surface area contributed by atoms with Crippen LogP contribution in [0.2, 0.25) is 0 Å². The number of aromatic nitrogens is 2. The second-order valence-corrected chi connectivity index (χ2v) is 5.89. The Hall–Kier alpha value is -2.14. The molecular weight excluding hydrogens is 278 g/mol. The molecular formula is C17H19N3O2. The normalized spacial score (nSPS) is 26.9. The van der Waals surface area contributed by atoms with Crippen molar-refractivity contribution in [3.63, 3.8) is 0 Å². The molecule has 1 aromatic heterocycles. The van der Waals surface area contributed by atoms with E-state index >= 15 is 0 Å². The van der Waals surface area contributed by atoms with E-state index in [0.717, 1.165) is 31.3 Å². The van der Waals surface area contributed by atoms with Crippen LogP contribution in [0.25, 0.3) is 0 Å². The van der Waals surface area contributed by atoms with Crippen LogP contribution in [0.4, 0.5) is 5.82 Å². The van der Waals surface area contributed by atoms with Crippen molar-refractivity contribution >= 4 is 5.82 Å². The van der Waals surface area contributed by atoms with Crippen LogP contribution in [0.5, 0.6) is 5.75 Å². The summed E-state index contributed by atoms with van der Waals surface area (Å²) >= 11 is 0. The van der Waals surface area contributed by atoms with Gasteiger partial charge in [-0.25, -0.2) is 4.98 Å². The fraction of sp³-hybridized carbons (Fsp3) is 0.412.